The Balaban J connectivity index is 2.83. The highest BCUT2D eigenvalue weighted by atomic mass is 16.3. The largest absolute Gasteiger partial charge is 0.396 e. The van der Waals surface area contributed by atoms with Crippen LogP contribution < -0.4 is 11.1 Å². The van der Waals surface area contributed by atoms with E-state index in [4.69, 9.17) is 16.2 Å². The second kappa shape index (κ2) is 2.66. The maximum absolute atomic E-state index is 8.06. The molecule has 0 radical (unpaired) electrons. The van der Waals surface area contributed by atoms with Crippen molar-refractivity contribution in [3.63, 3.8) is 0 Å². The molecule has 0 rings (SSSR count). The SMILES string of the molecule is NC(=[NH2+])CCO. The van der Waals surface area contributed by atoms with E-state index in [2.05, 4.69) is 0 Å². The molecule has 0 saturated heterocycles. The Morgan fingerprint density at radius 3 is 2.33 bits per heavy atom. The van der Waals surface area contributed by atoms with E-state index in [-0.39, 0.29) is 12.4 Å². The minimum atomic E-state index is 0.0440. The molecule has 0 aromatic rings. The fraction of sp³-hybridized carbons (Fsp3) is 0.667. The number of amidine groups is 1. The van der Waals surface area contributed by atoms with E-state index in [1.54, 1.807) is 0 Å². The van der Waals surface area contributed by atoms with Gasteiger partial charge in [0.05, 0.1) is 13.0 Å². The molecule has 0 aliphatic carbocycles. The standard InChI is InChI=1S/C3H8N2O/c4-3(5)1-2-6/h6H,1-2H2,(H3,4,5)/p+1. The van der Waals surface area contributed by atoms with Crippen LogP contribution in [0.5, 0.6) is 0 Å². The molecule has 0 saturated carbocycles. The van der Waals surface area contributed by atoms with Gasteiger partial charge in [0.15, 0.2) is 0 Å². The number of nitrogens with two attached hydrogens (primary N) is 2. The topological polar surface area (TPSA) is 71.8 Å². The zero-order valence-corrected chi connectivity index (χ0v) is 3.52. The summed E-state index contributed by atoms with van der Waals surface area (Å²) in [7, 11) is 0. The zero-order chi connectivity index (χ0) is 4.99. The van der Waals surface area contributed by atoms with Gasteiger partial charge < -0.3 is 5.11 Å². The van der Waals surface area contributed by atoms with E-state index in [0.29, 0.717) is 6.42 Å². The van der Waals surface area contributed by atoms with Crippen LogP contribution in [0.25, 0.3) is 0 Å². The third-order valence-electron chi connectivity index (χ3n) is 0.400. The number of hydrogen-bond donors (Lipinski definition) is 3. The summed E-state index contributed by atoms with van der Waals surface area (Å²) >= 11 is 0. The molecule has 6 heavy (non-hydrogen) atoms. The lowest BCUT2D eigenvalue weighted by Gasteiger charge is -1.79. The molecule has 0 fully saturated rings. The van der Waals surface area contributed by atoms with Crippen LogP contribution in [0.3, 0.4) is 0 Å². The van der Waals surface area contributed by atoms with Crippen molar-refractivity contribution in [2.75, 3.05) is 6.61 Å². The number of hydrogen-bond acceptors (Lipinski definition) is 1. The quantitative estimate of drug-likeness (QED) is 0.258. The van der Waals surface area contributed by atoms with E-state index in [9.17, 15) is 0 Å². The van der Waals surface area contributed by atoms with Crippen molar-refractivity contribution in [2.45, 2.75) is 6.42 Å². The molecule has 3 heteroatoms. The van der Waals surface area contributed by atoms with E-state index >= 15 is 0 Å². The lowest BCUT2D eigenvalue weighted by molar-refractivity contribution is -0.118. The molecular weight excluding hydrogens is 80.0 g/mol. The van der Waals surface area contributed by atoms with Crippen LogP contribution in [0.2, 0.25) is 0 Å². The molecule has 0 unspecified atom stereocenters. The van der Waals surface area contributed by atoms with Gasteiger partial charge in [-0.3, -0.25) is 11.1 Å². The molecular formula is C3H9N2O+. The van der Waals surface area contributed by atoms with Gasteiger partial charge in [0.25, 0.3) is 0 Å². The van der Waals surface area contributed by atoms with Gasteiger partial charge in [-0.15, -0.1) is 0 Å². The maximum atomic E-state index is 8.06. The molecule has 0 aromatic heterocycles. The van der Waals surface area contributed by atoms with Crippen molar-refractivity contribution in [3.8, 4) is 0 Å². The van der Waals surface area contributed by atoms with Crippen LogP contribution >= 0.6 is 0 Å². The minimum absolute atomic E-state index is 0.0440. The molecule has 0 heterocycles. The molecule has 36 valence electrons. The summed E-state index contributed by atoms with van der Waals surface area (Å²) in [5.41, 5.74) is 4.94. The molecule has 0 bridgehead atoms. The fourth-order valence-corrected chi connectivity index (χ4v) is 0.129. The van der Waals surface area contributed by atoms with Gasteiger partial charge in [0.1, 0.15) is 0 Å². The van der Waals surface area contributed by atoms with Gasteiger partial charge in [0, 0.05) is 0 Å². The Kier molecular flexibility index (Phi) is 2.40. The normalized spacial score (nSPS) is 8.17. The van der Waals surface area contributed by atoms with Crippen molar-refractivity contribution in [3.05, 3.63) is 0 Å². The lowest BCUT2D eigenvalue weighted by Crippen LogP contribution is -2.45. The highest BCUT2D eigenvalue weighted by Gasteiger charge is 1.87. The second-order valence-electron chi connectivity index (χ2n) is 1.05. The zero-order valence-electron chi connectivity index (χ0n) is 3.52. The minimum Gasteiger partial charge on any atom is -0.396 e. The number of rotatable bonds is 2. The molecule has 5 N–H and O–H groups in total. The van der Waals surface area contributed by atoms with Gasteiger partial charge in [-0.25, -0.2) is 0 Å². The maximum Gasteiger partial charge on any atom is 0.240 e. The summed E-state index contributed by atoms with van der Waals surface area (Å²) in [6.07, 6.45) is 0.403. The summed E-state index contributed by atoms with van der Waals surface area (Å²) in [5.74, 6) is 0.289. The predicted octanol–water partition coefficient (Wildman–Crippen LogP) is -2.51. The van der Waals surface area contributed by atoms with Gasteiger partial charge in [-0.05, 0) is 0 Å². The summed E-state index contributed by atoms with van der Waals surface area (Å²) in [6.45, 7) is 0.0440. The third kappa shape index (κ3) is 3.43. The van der Waals surface area contributed by atoms with E-state index in [1.165, 1.54) is 0 Å². The van der Waals surface area contributed by atoms with Crippen LogP contribution in [0.4, 0.5) is 0 Å². The van der Waals surface area contributed by atoms with Crippen molar-refractivity contribution >= 4 is 5.84 Å². The Hall–Kier alpha value is -0.570. The molecule has 0 atom stereocenters. The van der Waals surface area contributed by atoms with Gasteiger partial charge >= 0.3 is 0 Å². The average Bonchev–Trinajstić information content (AvgIpc) is 1.35. The Labute approximate surface area is 36.3 Å². The van der Waals surface area contributed by atoms with Crippen molar-refractivity contribution < 1.29 is 10.5 Å². The fourth-order valence-electron chi connectivity index (χ4n) is 0.129. The van der Waals surface area contributed by atoms with Crippen LogP contribution in [0, 0.1) is 0 Å². The molecule has 0 aliphatic heterocycles. The van der Waals surface area contributed by atoms with Crippen LogP contribution in [-0.2, 0) is 0 Å². The molecule has 0 spiro atoms. The number of aliphatic hydroxyl groups excluding tert-OH is 1. The molecule has 3 nitrogen and oxygen atoms in total. The summed E-state index contributed by atoms with van der Waals surface area (Å²) in [5, 5.41) is 13.0. The van der Waals surface area contributed by atoms with E-state index < -0.39 is 0 Å². The molecule has 0 aromatic carbocycles. The van der Waals surface area contributed by atoms with Gasteiger partial charge in [0.2, 0.25) is 5.84 Å². The summed E-state index contributed by atoms with van der Waals surface area (Å²) in [4.78, 5) is 0. The smallest absolute Gasteiger partial charge is 0.240 e. The van der Waals surface area contributed by atoms with Gasteiger partial charge in [-0.1, -0.05) is 0 Å². The van der Waals surface area contributed by atoms with E-state index in [0.717, 1.165) is 0 Å². The first-order valence-corrected chi connectivity index (χ1v) is 1.75. The molecule has 0 aliphatic rings. The first kappa shape index (κ1) is 5.43. The highest BCUT2D eigenvalue weighted by molar-refractivity contribution is 5.73. The Morgan fingerprint density at radius 2 is 2.33 bits per heavy atom. The average molecular weight is 89.1 g/mol. The second-order valence-corrected chi connectivity index (χ2v) is 1.05. The summed E-state index contributed by atoms with van der Waals surface area (Å²) in [6, 6.07) is 0. The highest BCUT2D eigenvalue weighted by Crippen LogP contribution is 1.63. The first-order valence-electron chi connectivity index (χ1n) is 1.75. The monoisotopic (exact) mass is 89.1 g/mol. The van der Waals surface area contributed by atoms with Crippen LogP contribution in [-0.4, -0.2) is 17.5 Å². The summed E-state index contributed by atoms with van der Waals surface area (Å²) < 4.78 is 0. The van der Waals surface area contributed by atoms with Crippen molar-refractivity contribution in [1.29, 1.82) is 0 Å². The first-order chi connectivity index (χ1) is 2.77. The lowest BCUT2D eigenvalue weighted by atomic mass is 10.4. The number of aliphatic hydroxyl groups is 1. The third-order valence-corrected chi connectivity index (χ3v) is 0.400. The van der Waals surface area contributed by atoms with Gasteiger partial charge in [-0.2, -0.15) is 0 Å². The molecule has 0 amide bonds. The van der Waals surface area contributed by atoms with E-state index in [1.807, 2.05) is 0 Å². The Bertz CT molecular complexity index is 52.8. The van der Waals surface area contributed by atoms with Crippen LogP contribution in [0.1, 0.15) is 6.42 Å². The van der Waals surface area contributed by atoms with Crippen molar-refractivity contribution in [2.24, 2.45) is 5.73 Å². The van der Waals surface area contributed by atoms with Crippen LogP contribution in [0.15, 0.2) is 0 Å². The van der Waals surface area contributed by atoms with Crippen molar-refractivity contribution in [1.82, 2.24) is 0 Å². The Morgan fingerprint density at radius 1 is 1.83 bits per heavy atom. The predicted molar refractivity (Wildman–Crippen MR) is 22.8 cm³/mol.